The molecule has 28 heavy (non-hydrogen) atoms. The molecule has 6 nitrogen and oxygen atoms in total. The fraction of sp³-hybridized carbons (Fsp3) is 0.524. The summed E-state index contributed by atoms with van der Waals surface area (Å²) in [6.07, 6.45) is 4.67. The van der Waals surface area contributed by atoms with Gasteiger partial charge < -0.3 is 15.3 Å². The van der Waals surface area contributed by atoms with Gasteiger partial charge in [-0.15, -0.1) is 12.4 Å². The number of aromatic hydroxyl groups is 1. The summed E-state index contributed by atoms with van der Waals surface area (Å²) in [5, 5.41) is 17.8. The minimum Gasteiger partial charge on any atom is -0.504 e. The van der Waals surface area contributed by atoms with Crippen molar-refractivity contribution in [3.63, 3.8) is 0 Å². The molecular weight excluding hydrogens is 376 g/mol. The first-order valence-electron chi connectivity index (χ1n) is 9.82. The predicted octanol–water partition coefficient (Wildman–Crippen LogP) is 3.58. The van der Waals surface area contributed by atoms with E-state index in [2.05, 4.69) is 36.4 Å². The average molecular weight is 407 g/mol. The molecule has 1 fully saturated rings. The average Bonchev–Trinajstić information content (AvgIpc) is 3.08. The zero-order valence-electron chi connectivity index (χ0n) is 16.9. The van der Waals surface area contributed by atoms with Gasteiger partial charge in [0.25, 0.3) is 5.91 Å². The van der Waals surface area contributed by atoms with Crippen LogP contribution in [0.15, 0.2) is 30.5 Å². The first-order valence-corrected chi connectivity index (χ1v) is 9.82. The number of rotatable bonds is 6. The van der Waals surface area contributed by atoms with Crippen molar-refractivity contribution < 1.29 is 9.90 Å². The molecule has 0 spiro atoms. The van der Waals surface area contributed by atoms with Gasteiger partial charge in [0.05, 0.1) is 11.9 Å². The van der Waals surface area contributed by atoms with E-state index in [1.165, 1.54) is 11.8 Å². The Kier molecular flexibility index (Phi) is 7.89. The minimum atomic E-state index is -0.183. The first-order chi connectivity index (χ1) is 13.0. The second-order valence-electron chi connectivity index (χ2n) is 7.68. The van der Waals surface area contributed by atoms with E-state index >= 15 is 0 Å². The Balaban J connectivity index is 0.00000280. The van der Waals surface area contributed by atoms with Crippen LogP contribution in [0, 0.1) is 5.92 Å². The Morgan fingerprint density at radius 2 is 1.89 bits per heavy atom. The van der Waals surface area contributed by atoms with Crippen LogP contribution >= 0.6 is 12.4 Å². The number of benzene rings is 1. The number of halogens is 1. The molecule has 1 amide bonds. The summed E-state index contributed by atoms with van der Waals surface area (Å²) in [5.41, 5.74) is 2.21. The number of likely N-dealkylation sites (tertiary alicyclic amines) is 1. The Labute approximate surface area is 173 Å². The third-order valence-corrected chi connectivity index (χ3v) is 5.43. The lowest BCUT2D eigenvalue weighted by atomic mass is 9.93. The van der Waals surface area contributed by atoms with E-state index in [0.29, 0.717) is 11.8 Å². The largest absolute Gasteiger partial charge is 0.504 e. The summed E-state index contributed by atoms with van der Waals surface area (Å²) in [5.74, 6) is 0.868. The van der Waals surface area contributed by atoms with Gasteiger partial charge in [0.15, 0.2) is 11.4 Å². The van der Waals surface area contributed by atoms with Crippen LogP contribution in [0.4, 0.5) is 0 Å². The van der Waals surface area contributed by atoms with Crippen molar-refractivity contribution in [3.8, 4) is 11.4 Å². The van der Waals surface area contributed by atoms with E-state index in [9.17, 15) is 9.90 Å². The molecule has 1 aliphatic rings. The maximum absolute atomic E-state index is 12.8. The van der Waals surface area contributed by atoms with E-state index in [1.807, 2.05) is 24.1 Å². The Bertz CT molecular complexity index is 765. The SMILES string of the molecule is CNCCC1CCN(C(=O)c2nn(-c3ccc(C(C)C)cc3)cc2O)CC1.Cl. The maximum atomic E-state index is 12.8. The molecule has 3 rings (SSSR count). The third kappa shape index (κ3) is 5.06. The lowest BCUT2D eigenvalue weighted by molar-refractivity contribution is 0.0677. The Morgan fingerprint density at radius 3 is 2.46 bits per heavy atom. The summed E-state index contributed by atoms with van der Waals surface area (Å²) in [7, 11) is 1.97. The first kappa shape index (κ1) is 22.2. The topological polar surface area (TPSA) is 70.4 Å². The molecule has 7 heteroatoms. The number of carbonyl (C=O) groups excluding carboxylic acids is 1. The molecule has 0 aliphatic carbocycles. The zero-order chi connectivity index (χ0) is 19.4. The van der Waals surface area contributed by atoms with E-state index in [-0.39, 0.29) is 29.8 Å². The van der Waals surface area contributed by atoms with Crippen molar-refractivity contribution in [3.05, 3.63) is 41.7 Å². The number of hydrogen-bond acceptors (Lipinski definition) is 4. The van der Waals surface area contributed by atoms with Gasteiger partial charge in [0.2, 0.25) is 0 Å². The number of hydrogen-bond donors (Lipinski definition) is 2. The number of piperidine rings is 1. The second kappa shape index (κ2) is 9.94. The van der Waals surface area contributed by atoms with Crippen LogP contribution in [0.1, 0.15) is 55.1 Å². The molecule has 2 N–H and O–H groups in total. The van der Waals surface area contributed by atoms with Gasteiger partial charge in [-0.25, -0.2) is 4.68 Å². The molecule has 1 aromatic heterocycles. The molecule has 154 valence electrons. The molecular formula is C21H31ClN4O2. The molecule has 2 aromatic rings. The number of amides is 1. The molecule has 2 heterocycles. The second-order valence-corrected chi connectivity index (χ2v) is 7.68. The highest BCUT2D eigenvalue weighted by atomic mass is 35.5. The zero-order valence-corrected chi connectivity index (χ0v) is 17.7. The molecule has 0 unspecified atom stereocenters. The van der Waals surface area contributed by atoms with Crippen molar-refractivity contribution in [2.45, 2.75) is 39.0 Å². The lowest BCUT2D eigenvalue weighted by Crippen LogP contribution is -2.39. The summed E-state index contributed by atoms with van der Waals surface area (Å²) < 4.78 is 1.58. The smallest absolute Gasteiger partial charge is 0.278 e. The molecule has 1 aromatic carbocycles. The van der Waals surface area contributed by atoms with Crippen molar-refractivity contribution >= 4 is 18.3 Å². The molecule has 0 radical (unpaired) electrons. The summed E-state index contributed by atoms with van der Waals surface area (Å²) in [4.78, 5) is 14.6. The highest BCUT2D eigenvalue weighted by molar-refractivity contribution is 5.94. The summed E-state index contributed by atoms with van der Waals surface area (Å²) >= 11 is 0. The van der Waals surface area contributed by atoms with Crippen LogP contribution in [0.25, 0.3) is 5.69 Å². The number of nitrogens with zero attached hydrogens (tertiary/aromatic N) is 3. The standard InChI is InChI=1S/C21H30N4O2.ClH/c1-15(2)17-4-6-18(7-5-17)25-14-19(26)20(23-25)21(27)24-12-9-16(10-13-24)8-11-22-3;/h4-7,14-16,22,26H,8-13H2,1-3H3;1H. The van der Waals surface area contributed by atoms with Crippen LogP contribution in [-0.2, 0) is 0 Å². The highest BCUT2D eigenvalue weighted by Crippen LogP contribution is 2.25. The third-order valence-electron chi connectivity index (χ3n) is 5.43. The monoisotopic (exact) mass is 406 g/mol. The van der Waals surface area contributed by atoms with E-state index < -0.39 is 0 Å². The molecule has 0 saturated carbocycles. The quantitative estimate of drug-likeness (QED) is 0.769. The molecule has 0 bridgehead atoms. The van der Waals surface area contributed by atoms with Crippen molar-refractivity contribution in [1.82, 2.24) is 20.0 Å². The summed E-state index contributed by atoms with van der Waals surface area (Å²) in [6, 6.07) is 8.03. The molecule has 1 aliphatic heterocycles. The molecule has 0 atom stereocenters. The van der Waals surface area contributed by atoms with Gasteiger partial charge in [-0.05, 0) is 62.4 Å². The number of carbonyl (C=O) groups is 1. The number of nitrogens with one attached hydrogen (secondary N) is 1. The van der Waals surface area contributed by atoms with E-state index in [1.54, 1.807) is 4.68 Å². The van der Waals surface area contributed by atoms with Crippen LogP contribution in [0.5, 0.6) is 5.75 Å². The Morgan fingerprint density at radius 1 is 1.25 bits per heavy atom. The van der Waals surface area contributed by atoms with Gasteiger partial charge in [-0.3, -0.25) is 4.79 Å². The maximum Gasteiger partial charge on any atom is 0.278 e. The molecule has 1 saturated heterocycles. The summed E-state index contributed by atoms with van der Waals surface area (Å²) in [6.45, 7) is 6.76. The van der Waals surface area contributed by atoms with Crippen LogP contribution < -0.4 is 5.32 Å². The van der Waals surface area contributed by atoms with Gasteiger partial charge in [0, 0.05) is 13.1 Å². The van der Waals surface area contributed by atoms with Crippen molar-refractivity contribution in [2.24, 2.45) is 5.92 Å². The Hall–Kier alpha value is -2.05. The van der Waals surface area contributed by atoms with Gasteiger partial charge >= 0.3 is 0 Å². The van der Waals surface area contributed by atoms with Crippen molar-refractivity contribution in [1.29, 1.82) is 0 Å². The van der Waals surface area contributed by atoms with Gasteiger partial charge in [-0.1, -0.05) is 26.0 Å². The lowest BCUT2D eigenvalue weighted by Gasteiger charge is -2.31. The van der Waals surface area contributed by atoms with E-state index in [0.717, 1.165) is 44.6 Å². The fourth-order valence-corrected chi connectivity index (χ4v) is 3.58. The van der Waals surface area contributed by atoms with Crippen LogP contribution in [-0.4, -0.2) is 52.4 Å². The van der Waals surface area contributed by atoms with Crippen LogP contribution in [0.2, 0.25) is 0 Å². The fourth-order valence-electron chi connectivity index (χ4n) is 3.58. The number of aromatic nitrogens is 2. The highest BCUT2D eigenvalue weighted by Gasteiger charge is 2.27. The van der Waals surface area contributed by atoms with Crippen molar-refractivity contribution in [2.75, 3.05) is 26.7 Å². The van der Waals surface area contributed by atoms with Crippen LogP contribution in [0.3, 0.4) is 0 Å². The normalized spacial score (nSPS) is 14.9. The minimum absolute atomic E-state index is 0. The predicted molar refractivity (Wildman–Crippen MR) is 114 cm³/mol. The van der Waals surface area contributed by atoms with E-state index in [4.69, 9.17) is 0 Å². The van der Waals surface area contributed by atoms with Gasteiger partial charge in [-0.2, -0.15) is 5.10 Å². The van der Waals surface area contributed by atoms with Gasteiger partial charge in [0.1, 0.15) is 0 Å².